The molecule has 0 saturated heterocycles. The van der Waals surface area contributed by atoms with E-state index in [1.807, 2.05) is 0 Å². The van der Waals surface area contributed by atoms with Gasteiger partial charge in [-0.1, -0.05) is 6.07 Å². The number of hydrogen-bond donors (Lipinski definition) is 2. The van der Waals surface area contributed by atoms with Crippen molar-refractivity contribution in [3.05, 3.63) is 36.1 Å². The number of hydrogen-bond acceptors (Lipinski definition) is 3. The molecule has 1 aromatic carbocycles. The van der Waals surface area contributed by atoms with Gasteiger partial charge in [0.05, 0.1) is 6.26 Å². The smallest absolute Gasteiger partial charge is 0.325 e. The van der Waals surface area contributed by atoms with Crippen molar-refractivity contribution in [2.45, 2.75) is 6.04 Å². The molecule has 0 spiro atoms. The molecule has 2 rings (SSSR count). The van der Waals surface area contributed by atoms with E-state index in [0.29, 0.717) is 5.56 Å². The van der Waals surface area contributed by atoms with Crippen molar-refractivity contribution in [1.82, 2.24) is 0 Å². The van der Waals surface area contributed by atoms with Crippen LogP contribution in [0.2, 0.25) is 0 Å². The van der Waals surface area contributed by atoms with E-state index in [1.54, 1.807) is 30.5 Å². The largest absolute Gasteiger partial charge is 0.480 e. The summed E-state index contributed by atoms with van der Waals surface area (Å²) in [4.78, 5) is 10.6. The molecule has 72 valence electrons. The molecule has 0 amide bonds. The van der Waals surface area contributed by atoms with Crippen LogP contribution in [0.3, 0.4) is 0 Å². The van der Waals surface area contributed by atoms with Crippen molar-refractivity contribution < 1.29 is 14.3 Å². The Morgan fingerprint density at radius 3 is 2.93 bits per heavy atom. The lowest BCUT2D eigenvalue weighted by atomic mass is 10.1. The van der Waals surface area contributed by atoms with Crippen LogP contribution in [0.25, 0.3) is 11.0 Å². The van der Waals surface area contributed by atoms with Gasteiger partial charge in [-0.3, -0.25) is 4.79 Å². The minimum absolute atomic E-state index is 0.575. The lowest BCUT2D eigenvalue weighted by Gasteiger charge is -2.05. The first kappa shape index (κ1) is 8.77. The molecular formula is C10H9NO3. The van der Waals surface area contributed by atoms with Crippen LogP contribution >= 0.6 is 0 Å². The fourth-order valence-corrected chi connectivity index (χ4v) is 1.32. The summed E-state index contributed by atoms with van der Waals surface area (Å²) >= 11 is 0. The van der Waals surface area contributed by atoms with Crippen LogP contribution in [0.4, 0.5) is 0 Å². The Kier molecular flexibility index (Phi) is 1.98. The number of carbonyl (C=O) groups is 1. The normalized spacial score (nSPS) is 12.9. The van der Waals surface area contributed by atoms with Gasteiger partial charge in [0.25, 0.3) is 0 Å². The maximum Gasteiger partial charge on any atom is 0.325 e. The molecule has 14 heavy (non-hydrogen) atoms. The maximum absolute atomic E-state index is 10.6. The van der Waals surface area contributed by atoms with Crippen LogP contribution < -0.4 is 5.73 Å². The molecule has 2 aromatic rings. The van der Waals surface area contributed by atoms with Crippen molar-refractivity contribution in [2.75, 3.05) is 0 Å². The lowest BCUT2D eigenvalue weighted by Crippen LogP contribution is -2.20. The predicted molar refractivity (Wildman–Crippen MR) is 50.8 cm³/mol. The molecule has 4 heteroatoms. The first-order valence-corrected chi connectivity index (χ1v) is 4.14. The molecule has 0 bridgehead atoms. The van der Waals surface area contributed by atoms with E-state index in [1.165, 1.54) is 0 Å². The molecule has 0 aliphatic carbocycles. The molecule has 3 N–H and O–H groups in total. The highest BCUT2D eigenvalue weighted by Gasteiger charge is 2.14. The summed E-state index contributed by atoms with van der Waals surface area (Å²) in [5.74, 6) is -1.03. The molecule has 0 fully saturated rings. The van der Waals surface area contributed by atoms with E-state index in [2.05, 4.69) is 0 Å². The summed E-state index contributed by atoms with van der Waals surface area (Å²) in [7, 11) is 0. The molecule has 0 aliphatic rings. The second kappa shape index (κ2) is 3.16. The Morgan fingerprint density at radius 2 is 2.21 bits per heavy atom. The Labute approximate surface area is 79.9 Å². The van der Waals surface area contributed by atoms with Gasteiger partial charge < -0.3 is 15.3 Å². The van der Waals surface area contributed by atoms with Crippen molar-refractivity contribution >= 4 is 16.9 Å². The fraction of sp³-hybridized carbons (Fsp3) is 0.100. The van der Waals surface area contributed by atoms with Gasteiger partial charge in [-0.25, -0.2) is 0 Å². The minimum Gasteiger partial charge on any atom is -0.480 e. The number of carboxylic acid groups (broad SMARTS) is 1. The summed E-state index contributed by atoms with van der Waals surface area (Å²) in [6.07, 6.45) is 1.56. The molecule has 1 aromatic heterocycles. The van der Waals surface area contributed by atoms with E-state index in [4.69, 9.17) is 15.3 Å². The number of fused-ring (bicyclic) bond motifs is 1. The highest BCUT2D eigenvalue weighted by atomic mass is 16.4. The maximum atomic E-state index is 10.6. The minimum atomic E-state index is -1.03. The predicted octanol–water partition coefficient (Wildman–Crippen LogP) is 1.52. The average Bonchev–Trinajstić information content (AvgIpc) is 2.62. The fourth-order valence-electron chi connectivity index (χ4n) is 1.32. The quantitative estimate of drug-likeness (QED) is 0.754. The highest BCUT2D eigenvalue weighted by molar-refractivity contribution is 5.81. The molecule has 4 nitrogen and oxygen atoms in total. The van der Waals surface area contributed by atoms with Gasteiger partial charge in [-0.15, -0.1) is 0 Å². The molecular weight excluding hydrogens is 182 g/mol. The number of nitrogens with two attached hydrogens (primary N) is 1. The van der Waals surface area contributed by atoms with Gasteiger partial charge in [0.2, 0.25) is 0 Å². The number of benzene rings is 1. The van der Waals surface area contributed by atoms with E-state index in [-0.39, 0.29) is 0 Å². The van der Waals surface area contributed by atoms with Gasteiger partial charge in [0.1, 0.15) is 11.6 Å². The zero-order valence-corrected chi connectivity index (χ0v) is 7.31. The first-order valence-electron chi connectivity index (χ1n) is 4.14. The van der Waals surface area contributed by atoms with E-state index in [0.717, 1.165) is 11.0 Å². The topological polar surface area (TPSA) is 76.5 Å². The van der Waals surface area contributed by atoms with Crippen molar-refractivity contribution in [1.29, 1.82) is 0 Å². The molecule has 0 aliphatic heterocycles. The van der Waals surface area contributed by atoms with Crippen LogP contribution in [0, 0.1) is 0 Å². The molecule has 1 heterocycles. The van der Waals surface area contributed by atoms with Crippen LogP contribution in [-0.2, 0) is 4.79 Å². The Morgan fingerprint density at radius 1 is 1.43 bits per heavy atom. The third-order valence-electron chi connectivity index (χ3n) is 2.10. The highest BCUT2D eigenvalue weighted by Crippen LogP contribution is 2.20. The number of carboxylic acids is 1. The SMILES string of the molecule is N[C@H](C(=O)O)c1ccc2occc2c1. The number of rotatable bonds is 2. The molecule has 1 atom stereocenters. The van der Waals surface area contributed by atoms with Crippen LogP contribution in [0.15, 0.2) is 34.9 Å². The van der Waals surface area contributed by atoms with Crippen LogP contribution in [0.1, 0.15) is 11.6 Å². The van der Waals surface area contributed by atoms with E-state index >= 15 is 0 Å². The Balaban J connectivity index is 2.48. The zero-order valence-electron chi connectivity index (χ0n) is 7.31. The van der Waals surface area contributed by atoms with Crippen molar-refractivity contribution in [2.24, 2.45) is 5.73 Å². The standard InChI is InChI=1S/C10H9NO3/c11-9(10(12)13)7-1-2-8-6(5-7)3-4-14-8/h1-5,9H,11H2,(H,12,13)/t9-/m0/s1. The van der Waals surface area contributed by atoms with Crippen molar-refractivity contribution in [3.63, 3.8) is 0 Å². The van der Waals surface area contributed by atoms with Crippen LogP contribution in [0.5, 0.6) is 0 Å². The summed E-state index contributed by atoms with van der Waals surface area (Å²) < 4.78 is 5.12. The summed E-state index contributed by atoms with van der Waals surface area (Å²) in [5.41, 5.74) is 6.77. The second-order valence-corrected chi connectivity index (χ2v) is 3.03. The summed E-state index contributed by atoms with van der Waals surface area (Å²) in [5, 5.41) is 9.57. The summed E-state index contributed by atoms with van der Waals surface area (Å²) in [6, 6.07) is 5.89. The van der Waals surface area contributed by atoms with E-state index < -0.39 is 12.0 Å². The molecule has 0 saturated carbocycles. The van der Waals surface area contributed by atoms with Crippen molar-refractivity contribution in [3.8, 4) is 0 Å². The molecule has 0 radical (unpaired) electrons. The number of aliphatic carboxylic acids is 1. The summed E-state index contributed by atoms with van der Waals surface area (Å²) in [6.45, 7) is 0. The van der Waals surface area contributed by atoms with Gasteiger partial charge in [-0.05, 0) is 23.8 Å². The Bertz CT molecular complexity index is 475. The van der Waals surface area contributed by atoms with Gasteiger partial charge >= 0.3 is 5.97 Å². The van der Waals surface area contributed by atoms with Gasteiger partial charge in [0.15, 0.2) is 0 Å². The lowest BCUT2D eigenvalue weighted by molar-refractivity contribution is -0.138. The number of furan rings is 1. The first-order chi connectivity index (χ1) is 6.68. The molecule has 0 unspecified atom stereocenters. The monoisotopic (exact) mass is 191 g/mol. The zero-order chi connectivity index (χ0) is 10.1. The second-order valence-electron chi connectivity index (χ2n) is 3.03. The Hall–Kier alpha value is -1.81. The van der Waals surface area contributed by atoms with Crippen LogP contribution in [-0.4, -0.2) is 11.1 Å². The third-order valence-corrected chi connectivity index (χ3v) is 2.10. The van der Waals surface area contributed by atoms with Gasteiger partial charge in [-0.2, -0.15) is 0 Å². The average molecular weight is 191 g/mol. The third kappa shape index (κ3) is 1.36. The van der Waals surface area contributed by atoms with E-state index in [9.17, 15) is 4.79 Å². The van der Waals surface area contributed by atoms with Gasteiger partial charge in [0, 0.05) is 5.39 Å².